The molecule has 3 N–H and O–H groups in total. The first-order chi connectivity index (χ1) is 21.2. The SMILES string of the molecule is COc1ccc(CN2C(=O)[C@@H](N)CS(=O)(=O)c3cc(F)c(C(=O)NC45CCC(c6nc(C(C)(C)C)no6)(CC4)CC5)cc32)cc1. The maximum absolute atomic E-state index is 15.6. The third kappa shape index (κ3) is 5.60. The number of sulfone groups is 1. The first-order valence-electron chi connectivity index (χ1n) is 15.1. The number of nitrogens with two attached hydrogens (primary N) is 1. The zero-order valence-corrected chi connectivity index (χ0v) is 26.7. The Morgan fingerprint density at radius 1 is 1.13 bits per heavy atom. The van der Waals surface area contributed by atoms with Gasteiger partial charge in [0.25, 0.3) is 5.91 Å². The molecular weight excluding hydrogens is 601 g/mol. The largest absolute Gasteiger partial charge is 0.497 e. The number of amides is 2. The zero-order chi connectivity index (χ0) is 32.4. The van der Waals surface area contributed by atoms with E-state index in [1.165, 1.54) is 12.0 Å². The number of rotatable bonds is 6. The molecule has 0 spiro atoms. The summed E-state index contributed by atoms with van der Waals surface area (Å²) in [6.07, 6.45) is 4.11. The van der Waals surface area contributed by atoms with Crippen LogP contribution in [-0.2, 0) is 32.0 Å². The second-order valence-corrected chi connectivity index (χ2v) is 15.7. The van der Waals surface area contributed by atoms with Crippen molar-refractivity contribution >= 4 is 27.3 Å². The minimum Gasteiger partial charge on any atom is -0.497 e. The van der Waals surface area contributed by atoms with Crippen LogP contribution in [0.3, 0.4) is 0 Å². The van der Waals surface area contributed by atoms with Crippen LogP contribution in [0.5, 0.6) is 5.75 Å². The topological polar surface area (TPSA) is 158 Å². The fourth-order valence-corrected chi connectivity index (χ4v) is 8.28. The van der Waals surface area contributed by atoms with Gasteiger partial charge in [-0.05, 0) is 68.4 Å². The van der Waals surface area contributed by atoms with Gasteiger partial charge in [0, 0.05) is 16.4 Å². The van der Waals surface area contributed by atoms with Crippen LogP contribution in [0.4, 0.5) is 10.1 Å². The van der Waals surface area contributed by atoms with E-state index in [4.69, 9.17) is 20.0 Å². The van der Waals surface area contributed by atoms with Crippen LogP contribution in [0.25, 0.3) is 0 Å². The molecule has 1 atom stereocenters. The van der Waals surface area contributed by atoms with Crippen molar-refractivity contribution in [1.82, 2.24) is 15.5 Å². The Hall–Kier alpha value is -3.84. The Bertz CT molecular complexity index is 1740. The standard InChI is InChI=1S/C32H38FN5O6S/c1-30(2,3)28-35-29(44-37-28)31-9-12-32(13-10-31,14-11-31)36-26(39)21-15-24-25(16-22(21)33)45(41,42)18-23(34)27(40)38(24)17-19-5-7-20(43-4)8-6-19/h5-8,15-16,23H,9-14,17-18,34H2,1-4H3,(H,36,39)/t23-,31?,32?/m0/s1. The van der Waals surface area contributed by atoms with Gasteiger partial charge in [0.05, 0.1) is 41.6 Å². The second-order valence-electron chi connectivity index (χ2n) is 13.6. The summed E-state index contributed by atoms with van der Waals surface area (Å²) < 4.78 is 53.0. The Labute approximate surface area is 261 Å². The average molecular weight is 640 g/mol. The molecule has 3 fully saturated rings. The summed E-state index contributed by atoms with van der Waals surface area (Å²) in [5.41, 5.74) is 5.22. The lowest BCUT2D eigenvalue weighted by atomic mass is 9.57. The fourth-order valence-electron chi connectivity index (χ4n) is 6.72. The lowest BCUT2D eigenvalue weighted by Gasteiger charge is -2.52. The van der Waals surface area contributed by atoms with Crippen molar-refractivity contribution in [2.24, 2.45) is 5.73 Å². The number of nitrogens with one attached hydrogen (secondary N) is 1. The van der Waals surface area contributed by atoms with Crippen LogP contribution in [0.1, 0.15) is 86.9 Å². The van der Waals surface area contributed by atoms with Crippen LogP contribution in [0, 0.1) is 5.82 Å². The molecule has 3 aromatic rings. The third-order valence-corrected chi connectivity index (χ3v) is 11.4. The number of fused-ring (bicyclic) bond motifs is 4. The van der Waals surface area contributed by atoms with E-state index in [0.717, 1.165) is 31.4 Å². The minimum atomic E-state index is -4.14. The van der Waals surface area contributed by atoms with E-state index in [9.17, 15) is 18.0 Å². The molecule has 3 saturated carbocycles. The number of aromatic nitrogens is 2. The molecule has 11 nitrogen and oxygen atoms in total. The van der Waals surface area contributed by atoms with E-state index in [1.807, 2.05) is 20.8 Å². The van der Waals surface area contributed by atoms with Gasteiger partial charge >= 0.3 is 0 Å². The molecule has 2 amide bonds. The second kappa shape index (κ2) is 10.9. The Morgan fingerprint density at radius 3 is 2.36 bits per heavy atom. The van der Waals surface area contributed by atoms with Crippen LogP contribution >= 0.6 is 0 Å². The molecule has 1 aliphatic heterocycles. The highest BCUT2D eigenvalue weighted by Gasteiger charge is 2.53. The van der Waals surface area contributed by atoms with Gasteiger partial charge in [-0.15, -0.1) is 0 Å². The number of ether oxygens (including phenoxy) is 1. The van der Waals surface area contributed by atoms with Crippen molar-refractivity contribution in [3.05, 3.63) is 65.1 Å². The van der Waals surface area contributed by atoms with Crippen molar-refractivity contribution in [2.75, 3.05) is 17.8 Å². The van der Waals surface area contributed by atoms with E-state index < -0.39 is 44.8 Å². The lowest BCUT2D eigenvalue weighted by molar-refractivity contribution is -0.119. The van der Waals surface area contributed by atoms with Crippen LogP contribution in [0.2, 0.25) is 0 Å². The molecule has 0 saturated heterocycles. The molecule has 13 heteroatoms. The number of nitrogens with zero attached hydrogens (tertiary/aromatic N) is 3. The molecule has 2 heterocycles. The zero-order valence-electron chi connectivity index (χ0n) is 25.9. The summed E-state index contributed by atoms with van der Waals surface area (Å²) in [4.78, 5) is 32.7. The number of anilines is 1. The summed E-state index contributed by atoms with van der Waals surface area (Å²) in [5.74, 6) is -1.08. The highest BCUT2D eigenvalue weighted by molar-refractivity contribution is 7.91. The lowest BCUT2D eigenvalue weighted by Crippen LogP contribution is -2.58. The van der Waals surface area contributed by atoms with Crippen molar-refractivity contribution in [3.8, 4) is 5.75 Å². The number of carbonyl (C=O) groups is 2. The van der Waals surface area contributed by atoms with Crippen molar-refractivity contribution in [2.45, 2.75) is 93.1 Å². The van der Waals surface area contributed by atoms with Gasteiger partial charge in [-0.1, -0.05) is 38.1 Å². The number of carbonyl (C=O) groups excluding carboxylic acids is 2. The van der Waals surface area contributed by atoms with E-state index >= 15 is 4.39 Å². The Balaban J connectivity index is 1.28. The molecule has 1 aromatic heterocycles. The van der Waals surface area contributed by atoms with Crippen molar-refractivity contribution in [3.63, 3.8) is 0 Å². The monoisotopic (exact) mass is 639 g/mol. The third-order valence-electron chi connectivity index (χ3n) is 9.58. The molecule has 2 bridgehead atoms. The number of methoxy groups -OCH3 is 1. The number of hydrogen-bond acceptors (Lipinski definition) is 9. The van der Waals surface area contributed by atoms with E-state index in [1.54, 1.807) is 24.3 Å². The molecule has 7 rings (SSSR count). The molecule has 0 radical (unpaired) electrons. The maximum atomic E-state index is 15.6. The molecule has 4 aliphatic rings. The number of hydrogen-bond donors (Lipinski definition) is 2. The van der Waals surface area contributed by atoms with Crippen molar-refractivity contribution in [1.29, 1.82) is 0 Å². The smallest absolute Gasteiger partial charge is 0.254 e. The van der Waals surface area contributed by atoms with E-state index in [0.29, 0.717) is 42.3 Å². The molecular formula is C32H38FN5O6S. The summed E-state index contributed by atoms with van der Waals surface area (Å²) in [7, 11) is -2.61. The summed E-state index contributed by atoms with van der Waals surface area (Å²) >= 11 is 0. The predicted octanol–water partition coefficient (Wildman–Crippen LogP) is 3.94. The molecule has 0 unspecified atom stereocenters. The minimum absolute atomic E-state index is 0.0373. The van der Waals surface area contributed by atoms with E-state index in [-0.39, 0.29) is 33.5 Å². The molecule has 45 heavy (non-hydrogen) atoms. The summed E-state index contributed by atoms with van der Waals surface area (Å²) in [5, 5.41) is 7.29. The molecule has 2 aromatic carbocycles. The van der Waals surface area contributed by atoms with Crippen LogP contribution < -0.4 is 20.7 Å². The first kappa shape index (κ1) is 31.2. The van der Waals surface area contributed by atoms with Gasteiger partial charge < -0.3 is 25.2 Å². The van der Waals surface area contributed by atoms with Gasteiger partial charge in [-0.25, -0.2) is 12.8 Å². The molecule has 3 aliphatic carbocycles. The Morgan fingerprint density at radius 2 is 1.78 bits per heavy atom. The summed E-state index contributed by atoms with van der Waals surface area (Å²) in [6, 6.07) is 7.53. The van der Waals surface area contributed by atoms with Crippen LogP contribution in [-0.4, -0.2) is 54.8 Å². The van der Waals surface area contributed by atoms with Gasteiger partial charge in [0.2, 0.25) is 11.8 Å². The first-order valence-corrected chi connectivity index (χ1v) is 16.7. The van der Waals surface area contributed by atoms with Gasteiger partial charge in [0.1, 0.15) is 11.6 Å². The maximum Gasteiger partial charge on any atom is 0.254 e. The van der Waals surface area contributed by atoms with Gasteiger partial charge in [0.15, 0.2) is 15.7 Å². The number of benzene rings is 2. The van der Waals surface area contributed by atoms with Gasteiger partial charge in [-0.3, -0.25) is 9.59 Å². The Kier molecular flexibility index (Phi) is 7.55. The predicted molar refractivity (Wildman–Crippen MR) is 163 cm³/mol. The average Bonchev–Trinajstić information content (AvgIpc) is 3.51. The normalized spacial score (nSPS) is 25.9. The van der Waals surface area contributed by atoms with Gasteiger partial charge in [-0.2, -0.15) is 4.98 Å². The van der Waals surface area contributed by atoms with E-state index in [2.05, 4.69) is 10.5 Å². The summed E-state index contributed by atoms with van der Waals surface area (Å²) in [6.45, 7) is 6.05. The fraction of sp³-hybridized carbons (Fsp3) is 0.500. The molecule has 240 valence electrons. The highest BCUT2D eigenvalue weighted by atomic mass is 32.2. The van der Waals surface area contributed by atoms with Crippen LogP contribution in [0.15, 0.2) is 45.8 Å². The highest BCUT2D eigenvalue weighted by Crippen LogP contribution is 2.53. The number of halogens is 1. The van der Waals surface area contributed by atoms with Crippen molar-refractivity contribution < 1.29 is 31.7 Å². The quantitative estimate of drug-likeness (QED) is 0.408.